The van der Waals surface area contributed by atoms with E-state index in [9.17, 15) is 9.59 Å². The number of hydrogen-bond acceptors (Lipinski definition) is 4. The zero-order chi connectivity index (χ0) is 21.3. The van der Waals surface area contributed by atoms with Crippen molar-refractivity contribution in [2.45, 2.75) is 39.3 Å². The van der Waals surface area contributed by atoms with Gasteiger partial charge in [0.2, 0.25) is 11.8 Å². The molecule has 0 unspecified atom stereocenters. The van der Waals surface area contributed by atoms with E-state index >= 15 is 0 Å². The van der Waals surface area contributed by atoms with Crippen LogP contribution in [0.1, 0.15) is 38.8 Å². The summed E-state index contributed by atoms with van der Waals surface area (Å²) in [5, 5.41) is 3.67. The van der Waals surface area contributed by atoms with E-state index in [1.807, 2.05) is 28.0 Å². The van der Waals surface area contributed by atoms with Crippen LogP contribution in [0.25, 0.3) is 0 Å². The van der Waals surface area contributed by atoms with Crippen LogP contribution >= 0.6 is 0 Å². The molecule has 2 amide bonds. The van der Waals surface area contributed by atoms with Gasteiger partial charge in [0.15, 0.2) is 0 Å². The Morgan fingerprint density at radius 1 is 0.900 bits per heavy atom. The number of nitrogens with zero attached hydrogens (tertiary/aromatic N) is 3. The maximum atomic E-state index is 12.2. The molecule has 2 aliphatic rings. The Morgan fingerprint density at radius 3 is 2.20 bits per heavy atom. The van der Waals surface area contributed by atoms with Crippen molar-refractivity contribution >= 4 is 28.9 Å². The number of para-hydroxylation sites is 1. The summed E-state index contributed by atoms with van der Waals surface area (Å²) in [6.07, 6.45) is 0.866. The maximum Gasteiger partial charge on any atom is 0.224 e. The summed E-state index contributed by atoms with van der Waals surface area (Å²) in [5.74, 6) is 0.238. The molecule has 2 aromatic carbocycles. The van der Waals surface area contributed by atoms with Crippen LogP contribution < -0.4 is 15.1 Å². The molecule has 2 aliphatic heterocycles. The number of piperazine rings is 1. The molecular formula is C24H30N4O2. The molecule has 0 aromatic heterocycles. The third kappa shape index (κ3) is 3.99. The third-order valence-electron chi connectivity index (χ3n) is 6.23. The molecule has 0 saturated carbocycles. The molecular weight excluding hydrogens is 376 g/mol. The molecule has 1 fully saturated rings. The Labute approximate surface area is 178 Å². The first-order valence-electron chi connectivity index (χ1n) is 10.7. The van der Waals surface area contributed by atoms with E-state index in [4.69, 9.17) is 0 Å². The maximum absolute atomic E-state index is 12.2. The minimum Gasteiger partial charge on any atom is -0.378 e. The van der Waals surface area contributed by atoms with E-state index in [2.05, 4.69) is 47.5 Å². The van der Waals surface area contributed by atoms with Gasteiger partial charge in [0, 0.05) is 63.1 Å². The first kappa shape index (κ1) is 20.3. The standard InChI is InChI=1S/C24H30N4O2/c1-17-16-23(22-6-4-5-7-24(22)28(17)19(3)30)25-20-8-10-21(11-9-20)27-14-12-26(13-15-27)18(2)29/h4-11,17,23,25H,12-16H2,1-3H3/t17-,23+/m1/s1. The van der Waals surface area contributed by atoms with Gasteiger partial charge in [-0.3, -0.25) is 9.59 Å². The molecule has 0 aliphatic carbocycles. The summed E-state index contributed by atoms with van der Waals surface area (Å²) in [7, 11) is 0. The van der Waals surface area contributed by atoms with Crippen molar-refractivity contribution in [1.82, 2.24) is 4.90 Å². The summed E-state index contributed by atoms with van der Waals surface area (Å²) in [6, 6.07) is 17.0. The molecule has 0 spiro atoms. The molecule has 0 radical (unpaired) electrons. The molecule has 158 valence electrons. The van der Waals surface area contributed by atoms with Crippen LogP contribution in [0.15, 0.2) is 48.5 Å². The van der Waals surface area contributed by atoms with Crippen molar-refractivity contribution in [3.63, 3.8) is 0 Å². The lowest BCUT2D eigenvalue weighted by atomic mass is 9.91. The fourth-order valence-corrected chi connectivity index (χ4v) is 4.68. The molecule has 6 nitrogen and oxygen atoms in total. The summed E-state index contributed by atoms with van der Waals surface area (Å²) in [6.45, 7) is 8.65. The number of fused-ring (bicyclic) bond motifs is 1. The molecule has 2 heterocycles. The van der Waals surface area contributed by atoms with Gasteiger partial charge in [-0.15, -0.1) is 0 Å². The topological polar surface area (TPSA) is 55.9 Å². The number of rotatable bonds is 3. The van der Waals surface area contributed by atoms with E-state index < -0.39 is 0 Å². The van der Waals surface area contributed by atoms with E-state index in [0.29, 0.717) is 0 Å². The molecule has 2 atom stereocenters. The first-order valence-corrected chi connectivity index (χ1v) is 10.7. The van der Waals surface area contributed by atoms with Crippen molar-refractivity contribution in [2.24, 2.45) is 0 Å². The van der Waals surface area contributed by atoms with Gasteiger partial charge in [0.25, 0.3) is 0 Å². The predicted molar refractivity (Wildman–Crippen MR) is 121 cm³/mol. The highest BCUT2D eigenvalue weighted by atomic mass is 16.2. The van der Waals surface area contributed by atoms with Gasteiger partial charge in [-0.2, -0.15) is 0 Å². The lowest BCUT2D eigenvalue weighted by Gasteiger charge is -2.39. The number of anilines is 3. The van der Waals surface area contributed by atoms with Crippen LogP contribution in [0.3, 0.4) is 0 Å². The van der Waals surface area contributed by atoms with Gasteiger partial charge < -0.3 is 20.0 Å². The van der Waals surface area contributed by atoms with Crippen LogP contribution in [0.5, 0.6) is 0 Å². The number of carbonyl (C=O) groups excluding carboxylic acids is 2. The Morgan fingerprint density at radius 2 is 1.57 bits per heavy atom. The van der Waals surface area contributed by atoms with Gasteiger partial charge in [-0.25, -0.2) is 0 Å². The second-order valence-corrected chi connectivity index (χ2v) is 8.27. The molecule has 1 saturated heterocycles. The van der Waals surface area contributed by atoms with Gasteiger partial charge in [0.05, 0.1) is 6.04 Å². The summed E-state index contributed by atoms with van der Waals surface area (Å²) < 4.78 is 0. The predicted octanol–water partition coefficient (Wildman–Crippen LogP) is 3.65. The highest BCUT2D eigenvalue weighted by molar-refractivity contribution is 5.93. The second-order valence-electron chi connectivity index (χ2n) is 8.27. The van der Waals surface area contributed by atoms with Gasteiger partial charge in [-0.05, 0) is 49.2 Å². The average Bonchev–Trinajstić information content (AvgIpc) is 2.74. The highest BCUT2D eigenvalue weighted by Crippen LogP contribution is 2.39. The molecule has 30 heavy (non-hydrogen) atoms. The Kier molecular flexibility index (Phi) is 5.66. The Bertz CT molecular complexity index is 919. The average molecular weight is 407 g/mol. The van der Waals surface area contributed by atoms with Crippen molar-refractivity contribution < 1.29 is 9.59 Å². The molecule has 2 aromatic rings. The fourth-order valence-electron chi connectivity index (χ4n) is 4.68. The SMILES string of the molecule is CC(=O)N1CCN(c2ccc(N[C@H]3C[C@@H](C)N(C(C)=O)c4ccccc43)cc2)CC1. The summed E-state index contributed by atoms with van der Waals surface area (Å²) in [5.41, 5.74) is 4.42. The smallest absolute Gasteiger partial charge is 0.224 e. The van der Waals surface area contributed by atoms with Gasteiger partial charge in [-0.1, -0.05) is 18.2 Å². The number of amides is 2. The zero-order valence-electron chi connectivity index (χ0n) is 18.0. The van der Waals surface area contributed by atoms with E-state index in [1.54, 1.807) is 13.8 Å². The minimum absolute atomic E-state index is 0.0858. The van der Waals surface area contributed by atoms with E-state index in [-0.39, 0.29) is 23.9 Å². The number of carbonyl (C=O) groups is 2. The van der Waals surface area contributed by atoms with Crippen LogP contribution in [0.2, 0.25) is 0 Å². The number of nitrogens with one attached hydrogen (secondary N) is 1. The molecule has 4 rings (SSSR count). The van der Waals surface area contributed by atoms with E-state index in [0.717, 1.165) is 49.5 Å². The summed E-state index contributed by atoms with van der Waals surface area (Å²) >= 11 is 0. The normalized spacial score (nSPS) is 21.2. The third-order valence-corrected chi connectivity index (χ3v) is 6.23. The Hall–Kier alpha value is -3.02. The highest BCUT2D eigenvalue weighted by Gasteiger charge is 2.32. The number of hydrogen-bond donors (Lipinski definition) is 1. The summed E-state index contributed by atoms with van der Waals surface area (Å²) in [4.78, 5) is 29.8. The Balaban J connectivity index is 1.47. The first-order chi connectivity index (χ1) is 14.4. The monoisotopic (exact) mass is 406 g/mol. The van der Waals surface area contributed by atoms with Crippen LogP contribution in [0, 0.1) is 0 Å². The molecule has 1 N–H and O–H groups in total. The lowest BCUT2D eigenvalue weighted by Crippen LogP contribution is -2.48. The molecule has 0 bridgehead atoms. The van der Waals surface area contributed by atoms with E-state index in [1.165, 1.54) is 5.69 Å². The minimum atomic E-state index is 0.0858. The van der Waals surface area contributed by atoms with Crippen molar-refractivity contribution in [3.05, 3.63) is 54.1 Å². The van der Waals surface area contributed by atoms with Crippen LogP contribution in [0.4, 0.5) is 17.1 Å². The van der Waals surface area contributed by atoms with Crippen LogP contribution in [-0.4, -0.2) is 48.9 Å². The fraction of sp³-hybridized carbons (Fsp3) is 0.417. The van der Waals surface area contributed by atoms with Gasteiger partial charge >= 0.3 is 0 Å². The molecule has 6 heteroatoms. The largest absolute Gasteiger partial charge is 0.378 e. The quantitative estimate of drug-likeness (QED) is 0.845. The van der Waals surface area contributed by atoms with Crippen molar-refractivity contribution in [1.29, 1.82) is 0 Å². The lowest BCUT2D eigenvalue weighted by molar-refractivity contribution is -0.129. The van der Waals surface area contributed by atoms with Crippen molar-refractivity contribution in [3.8, 4) is 0 Å². The second kappa shape index (κ2) is 8.38. The zero-order valence-corrected chi connectivity index (χ0v) is 18.0. The van der Waals surface area contributed by atoms with Crippen molar-refractivity contribution in [2.75, 3.05) is 41.3 Å². The van der Waals surface area contributed by atoms with Crippen LogP contribution in [-0.2, 0) is 9.59 Å². The van der Waals surface area contributed by atoms with Gasteiger partial charge in [0.1, 0.15) is 0 Å². The number of benzene rings is 2.